The van der Waals surface area contributed by atoms with Gasteiger partial charge in [0.2, 0.25) is 5.95 Å². The highest BCUT2D eigenvalue weighted by Crippen LogP contribution is 2.23. The summed E-state index contributed by atoms with van der Waals surface area (Å²) >= 11 is 0. The lowest BCUT2D eigenvalue weighted by Crippen LogP contribution is -2.25. The minimum atomic E-state index is 0.534. The number of anilines is 2. The van der Waals surface area contributed by atoms with E-state index in [2.05, 4.69) is 20.3 Å². The predicted octanol–water partition coefficient (Wildman–Crippen LogP) is 4.21. The molecule has 7 nitrogen and oxygen atoms in total. The summed E-state index contributed by atoms with van der Waals surface area (Å²) < 4.78 is 13.1. The van der Waals surface area contributed by atoms with E-state index in [-0.39, 0.29) is 0 Å². The van der Waals surface area contributed by atoms with Crippen molar-refractivity contribution in [3.05, 3.63) is 60.9 Å². The summed E-state index contributed by atoms with van der Waals surface area (Å²) in [7, 11) is 0. The first-order valence-electron chi connectivity index (χ1n) is 9.97. The van der Waals surface area contributed by atoms with Crippen LogP contribution in [0.25, 0.3) is 17.1 Å². The zero-order chi connectivity index (χ0) is 19.5. The van der Waals surface area contributed by atoms with Gasteiger partial charge in [0.05, 0.1) is 6.26 Å². The van der Waals surface area contributed by atoms with E-state index in [9.17, 15) is 0 Å². The SMILES string of the molecule is c1coc(-c2cccc3nc(Nc4ccc(OCCN5CCCC5)cc4)nn23)c1. The van der Waals surface area contributed by atoms with Gasteiger partial charge in [-0.05, 0) is 74.5 Å². The maximum absolute atomic E-state index is 5.86. The van der Waals surface area contributed by atoms with E-state index in [1.54, 1.807) is 10.8 Å². The topological polar surface area (TPSA) is 67.8 Å². The van der Waals surface area contributed by atoms with Gasteiger partial charge in [0.15, 0.2) is 11.4 Å². The van der Waals surface area contributed by atoms with E-state index in [1.165, 1.54) is 25.9 Å². The van der Waals surface area contributed by atoms with Gasteiger partial charge in [0.1, 0.15) is 18.1 Å². The van der Waals surface area contributed by atoms with Crippen LogP contribution in [0.2, 0.25) is 0 Å². The Hall–Kier alpha value is -3.32. The van der Waals surface area contributed by atoms with Gasteiger partial charge in [0.25, 0.3) is 0 Å². The third-order valence-corrected chi connectivity index (χ3v) is 5.12. The molecule has 1 N–H and O–H groups in total. The van der Waals surface area contributed by atoms with Crippen molar-refractivity contribution in [2.24, 2.45) is 0 Å². The summed E-state index contributed by atoms with van der Waals surface area (Å²) in [6.45, 7) is 4.10. The molecule has 1 aromatic carbocycles. The van der Waals surface area contributed by atoms with Crippen LogP contribution in [0.1, 0.15) is 12.8 Å². The maximum atomic E-state index is 5.86. The number of aromatic nitrogens is 3. The standard InChI is InChI=1S/C22H23N5O2/c1-2-13-26(12-1)14-16-28-18-10-8-17(9-11-18)23-22-24-21-7-3-5-19(27(21)25-22)20-6-4-15-29-20/h3-11,15H,1-2,12-14,16H2,(H,23,25). The van der Waals surface area contributed by atoms with Gasteiger partial charge in [0, 0.05) is 12.2 Å². The van der Waals surface area contributed by atoms with Crippen LogP contribution in [0.4, 0.5) is 11.6 Å². The van der Waals surface area contributed by atoms with Gasteiger partial charge in [-0.3, -0.25) is 4.90 Å². The molecule has 1 aliphatic rings. The number of fused-ring (bicyclic) bond motifs is 1. The van der Waals surface area contributed by atoms with Gasteiger partial charge >= 0.3 is 0 Å². The molecule has 0 unspecified atom stereocenters. The third kappa shape index (κ3) is 3.95. The molecule has 0 saturated carbocycles. The molecule has 0 atom stereocenters. The zero-order valence-electron chi connectivity index (χ0n) is 16.1. The molecule has 0 aliphatic carbocycles. The highest BCUT2D eigenvalue weighted by atomic mass is 16.5. The van der Waals surface area contributed by atoms with Crippen molar-refractivity contribution in [3.63, 3.8) is 0 Å². The lowest BCUT2D eigenvalue weighted by molar-refractivity contribution is 0.238. The fourth-order valence-corrected chi connectivity index (χ4v) is 3.63. The lowest BCUT2D eigenvalue weighted by atomic mass is 10.3. The fourth-order valence-electron chi connectivity index (χ4n) is 3.63. The van der Waals surface area contributed by atoms with E-state index in [4.69, 9.17) is 9.15 Å². The first kappa shape index (κ1) is 17.8. The number of nitrogens with one attached hydrogen (secondary N) is 1. The number of ether oxygens (including phenoxy) is 1. The van der Waals surface area contributed by atoms with Gasteiger partial charge < -0.3 is 14.5 Å². The number of furan rings is 1. The number of likely N-dealkylation sites (tertiary alicyclic amines) is 1. The molecule has 4 heterocycles. The second-order valence-electron chi connectivity index (χ2n) is 7.14. The largest absolute Gasteiger partial charge is 0.492 e. The summed E-state index contributed by atoms with van der Waals surface area (Å²) in [5.74, 6) is 2.16. The normalized spacial score (nSPS) is 14.5. The Kier molecular flexibility index (Phi) is 4.88. The molecule has 0 spiro atoms. The summed E-state index contributed by atoms with van der Waals surface area (Å²) in [5, 5.41) is 7.83. The molecule has 0 radical (unpaired) electrons. The van der Waals surface area contributed by atoms with Gasteiger partial charge in [-0.1, -0.05) is 6.07 Å². The Morgan fingerprint density at radius 1 is 1.00 bits per heavy atom. The number of hydrogen-bond acceptors (Lipinski definition) is 6. The van der Waals surface area contributed by atoms with Crippen LogP contribution in [-0.2, 0) is 0 Å². The second-order valence-corrected chi connectivity index (χ2v) is 7.14. The highest BCUT2D eigenvalue weighted by Gasteiger charge is 2.12. The van der Waals surface area contributed by atoms with Crippen LogP contribution in [0.5, 0.6) is 5.75 Å². The molecule has 29 heavy (non-hydrogen) atoms. The highest BCUT2D eigenvalue weighted by molar-refractivity contribution is 5.61. The number of rotatable bonds is 7. The van der Waals surface area contributed by atoms with Crippen LogP contribution in [0.15, 0.2) is 65.3 Å². The minimum Gasteiger partial charge on any atom is -0.492 e. The van der Waals surface area contributed by atoms with E-state index in [0.717, 1.165) is 41.7 Å². The molecule has 1 fully saturated rings. The van der Waals surface area contributed by atoms with Gasteiger partial charge in [-0.2, -0.15) is 4.98 Å². The molecule has 1 saturated heterocycles. The molecule has 4 aromatic rings. The van der Waals surface area contributed by atoms with Crippen LogP contribution in [0, 0.1) is 0 Å². The number of benzene rings is 1. The van der Waals surface area contributed by atoms with Crippen LogP contribution in [0.3, 0.4) is 0 Å². The van der Waals surface area contributed by atoms with E-state index < -0.39 is 0 Å². The van der Waals surface area contributed by atoms with Crippen molar-refractivity contribution in [2.45, 2.75) is 12.8 Å². The summed E-state index contributed by atoms with van der Waals surface area (Å²) in [6.07, 6.45) is 4.26. The monoisotopic (exact) mass is 389 g/mol. The van der Waals surface area contributed by atoms with Crippen molar-refractivity contribution < 1.29 is 9.15 Å². The predicted molar refractivity (Wildman–Crippen MR) is 112 cm³/mol. The van der Waals surface area contributed by atoms with Crippen molar-refractivity contribution in [1.82, 2.24) is 19.5 Å². The first-order valence-corrected chi connectivity index (χ1v) is 9.97. The number of nitrogens with zero attached hydrogens (tertiary/aromatic N) is 4. The van der Waals surface area contributed by atoms with Crippen molar-refractivity contribution in [1.29, 1.82) is 0 Å². The maximum Gasteiger partial charge on any atom is 0.247 e. The number of hydrogen-bond donors (Lipinski definition) is 1. The third-order valence-electron chi connectivity index (χ3n) is 5.12. The quantitative estimate of drug-likeness (QED) is 0.511. The molecular formula is C22H23N5O2. The van der Waals surface area contributed by atoms with Gasteiger partial charge in [-0.25, -0.2) is 4.52 Å². The molecule has 148 valence electrons. The van der Waals surface area contributed by atoms with Crippen LogP contribution >= 0.6 is 0 Å². The smallest absolute Gasteiger partial charge is 0.247 e. The van der Waals surface area contributed by atoms with E-state index in [0.29, 0.717) is 5.95 Å². The Labute approximate surface area is 168 Å². The summed E-state index contributed by atoms with van der Waals surface area (Å²) in [5.41, 5.74) is 2.52. The molecule has 0 bridgehead atoms. The molecule has 1 aliphatic heterocycles. The number of pyridine rings is 1. The van der Waals surface area contributed by atoms with Crippen LogP contribution < -0.4 is 10.1 Å². The first-order chi connectivity index (χ1) is 14.3. The summed E-state index contributed by atoms with van der Waals surface area (Å²) in [4.78, 5) is 7.00. The Morgan fingerprint density at radius 3 is 2.66 bits per heavy atom. The second kappa shape index (κ2) is 7.97. The molecule has 3 aromatic heterocycles. The van der Waals surface area contributed by atoms with Crippen molar-refractivity contribution >= 4 is 17.3 Å². The molecular weight excluding hydrogens is 366 g/mol. The Bertz CT molecular complexity index is 1070. The molecule has 0 amide bonds. The fraction of sp³-hybridized carbons (Fsp3) is 0.273. The van der Waals surface area contributed by atoms with Gasteiger partial charge in [-0.15, -0.1) is 5.10 Å². The van der Waals surface area contributed by atoms with Crippen molar-refractivity contribution in [2.75, 3.05) is 31.6 Å². The van der Waals surface area contributed by atoms with Crippen LogP contribution in [-0.4, -0.2) is 45.7 Å². The van der Waals surface area contributed by atoms with Crippen molar-refractivity contribution in [3.8, 4) is 17.2 Å². The Balaban J connectivity index is 1.25. The Morgan fingerprint density at radius 2 is 1.86 bits per heavy atom. The van der Waals surface area contributed by atoms with E-state index >= 15 is 0 Å². The minimum absolute atomic E-state index is 0.534. The summed E-state index contributed by atoms with van der Waals surface area (Å²) in [6, 6.07) is 17.5. The molecule has 7 heteroatoms. The van der Waals surface area contributed by atoms with E-state index in [1.807, 2.05) is 54.6 Å². The average Bonchev–Trinajstić information content (AvgIpc) is 3.50. The zero-order valence-corrected chi connectivity index (χ0v) is 16.1. The average molecular weight is 389 g/mol. The lowest BCUT2D eigenvalue weighted by Gasteiger charge is -2.15. The molecule has 5 rings (SSSR count).